The molecule has 1 aliphatic rings. The van der Waals surface area contributed by atoms with Gasteiger partial charge in [-0.05, 0) is 24.0 Å². The Hall–Kier alpha value is -2.08. The smallest absolute Gasteiger partial charge is 0.233 e. The monoisotopic (exact) mass is 347 g/mol. The molecule has 138 valence electrons. The van der Waals surface area contributed by atoms with Crippen LogP contribution in [0.2, 0.25) is 0 Å². The van der Waals surface area contributed by atoms with E-state index in [1.807, 2.05) is 30.3 Å². The number of carbonyl (C=O) groups is 2. The Morgan fingerprint density at radius 3 is 2.56 bits per heavy atom. The number of hydrogen-bond donors (Lipinski definition) is 2. The molecule has 6 nitrogen and oxygen atoms in total. The lowest BCUT2D eigenvalue weighted by Crippen LogP contribution is -2.42. The Morgan fingerprint density at radius 1 is 1.20 bits per heavy atom. The first kappa shape index (κ1) is 19.2. The molecule has 1 heterocycles. The SMILES string of the molecule is CNC(=O)CN1C[C@@H](NC(=O)CCOc2ccccc2)[C@H](C(C)C)C1. The minimum atomic E-state index is -0.00614. The van der Waals surface area contributed by atoms with Gasteiger partial charge in [0, 0.05) is 26.2 Å². The minimum absolute atomic E-state index is 0.00532. The molecule has 1 fully saturated rings. The van der Waals surface area contributed by atoms with E-state index in [4.69, 9.17) is 4.74 Å². The molecule has 0 unspecified atom stereocenters. The first-order chi connectivity index (χ1) is 12.0. The molecule has 1 aromatic carbocycles. The number of likely N-dealkylation sites (tertiary alicyclic amines) is 1. The normalized spacial score (nSPS) is 20.5. The Balaban J connectivity index is 1.80. The summed E-state index contributed by atoms with van der Waals surface area (Å²) in [5, 5.41) is 5.78. The molecule has 0 saturated carbocycles. The first-order valence-corrected chi connectivity index (χ1v) is 8.89. The summed E-state index contributed by atoms with van der Waals surface area (Å²) >= 11 is 0. The molecular formula is C19H29N3O3. The summed E-state index contributed by atoms with van der Waals surface area (Å²) in [7, 11) is 1.64. The molecule has 2 rings (SSSR count). The first-order valence-electron chi connectivity index (χ1n) is 8.89. The van der Waals surface area contributed by atoms with Gasteiger partial charge in [0.1, 0.15) is 5.75 Å². The number of amides is 2. The van der Waals surface area contributed by atoms with Crippen LogP contribution in [0, 0.1) is 11.8 Å². The van der Waals surface area contributed by atoms with E-state index in [0.29, 0.717) is 38.0 Å². The Morgan fingerprint density at radius 2 is 1.92 bits per heavy atom. The third-order valence-electron chi connectivity index (χ3n) is 4.63. The second kappa shape index (κ2) is 9.42. The van der Waals surface area contributed by atoms with E-state index in [2.05, 4.69) is 29.4 Å². The lowest BCUT2D eigenvalue weighted by atomic mass is 9.91. The fourth-order valence-electron chi connectivity index (χ4n) is 3.21. The number of ether oxygens (including phenoxy) is 1. The van der Waals surface area contributed by atoms with Crippen LogP contribution in [-0.2, 0) is 9.59 Å². The second-order valence-corrected chi connectivity index (χ2v) is 6.86. The van der Waals surface area contributed by atoms with Gasteiger partial charge >= 0.3 is 0 Å². The van der Waals surface area contributed by atoms with Gasteiger partial charge in [-0.25, -0.2) is 0 Å². The van der Waals surface area contributed by atoms with Crippen LogP contribution in [0.4, 0.5) is 0 Å². The summed E-state index contributed by atoms with van der Waals surface area (Å²) in [5.74, 6) is 1.57. The predicted octanol–water partition coefficient (Wildman–Crippen LogP) is 1.27. The summed E-state index contributed by atoms with van der Waals surface area (Å²) in [6.45, 7) is 6.59. The molecule has 2 N–H and O–H groups in total. The van der Waals surface area contributed by atoms with E-state index < -0.39 is 0 Å². The zero-order valence-electron chi connectivity index (χ0n) is 15.3. The van der Waals surface area contributed by atoms with E-state index in [1.54, 1.807) is 7.05 Å². The highest BCUT2D eigenvalue weighted by atomic mass is 16.5. The van der Waals surface area contributed by atoms with Crippen molar-refractivity contribution in [1.82, 2.24) is 15.5 Å². The summed E-state index contributed by atoms with van der Waals surface area (Å²) in [4.78, 5) is 26.0. The third kappa shape index (κ3) is 6.05. The average Bonchev–Trinajstić information content (AvgIpc) is 2.98. The van der Waals surface area contributed by atoms with E-state index >= 15 is 0 Å². The molecule has 2 atom stereocenters. The number of benzene rings is 1. The zero-order chi connectivity index (χ0) is 18.2. The second-order valence-electron chi connectivity index (χ2n) is 6.86. The molecule has 6 heteroatoms. The molecule has 0 spiro atoms. The van der Waals surface area contributed by atoms with Gasteiger partial charge in [-0.2, -0.15) is 0 Å². The Kier molecular flexibility index (Phi) is 7.25. The molecule has 0 radical (unpaired) electrons. The van der Waals surface area contributed by atoms with Gasteiger partial charge in [0.05, 0.1) is 19.6 Å². The largest absolute Gasteiger partial charge is 0.493 e. The molecular weight excluding hydrogens is 318 g/mol. The van der Waals surface area contributed by atoms with E-state index in [0.717, 1.165) is 12.3 Å². The third-order valence-corrected chi connectivity index (χ3v) is 4.63. The van der Waals surface area contributed by atoms with Crippen molar-refractivity contribution in [3.63, 3.8) is 0 Å². The summed E-state index contributed by atoms with van der Waals surface area (Å²) in [6.07, 6.45) is 0.325. The average molecular weight is 347 g/mol. The molecule has 2 amide bonds. The molecule has 1 aliphatic heterocycles. The Bertz CT molecular complexity index is 562. The van der Waals surface area contributed by atoms with Crippen LogP contribution in [0.1, 0.15) is 20.3 Å². The number of nitrogens with zero attached hydrogens (tertiary/aromatic N) is 1. The highest BCUT2D eigenvalue weighted by Gasteiger charge is 2.35. The highest BCUT2D eigenvalue weighted by Crippen LogP contribution is 2.24. The topological polar surface area (TPSA) is 70.7 Å². The van der Waals surface area contributed by atoms with Crippen molar-refractivity contribution in [1.29, 1.82) is 0 Å². The molecule has 25 heavy (non-hydrogen) atoms. The number of carbonyl (C=O) groups excluding carboxylic acids is 2. The van der Waals surface area contributed by atoms with Crippen LogP contribution < -0.4 is 15.4 Å². The van der Waals surface area contributed by atoms with Gasteiger partial charge in [-0.1, -0.05) is 32.0 Å². The van der Waals surface area contributed by atoms with E-state index in [-0.39, 0.29) is 17.9 Å². The summed E-state index contributed by atoms with van der Waals surface area (Å²) in [6, 6.07) is 9.57. The fourth-order valence-corrected chi connectivity index (χ4v) is 3.21. The van der Waals surface area contributed by atoms with E-state index in [1.165, 1.54) is 0 Å². The number of rotatable bonds is 8. The van der Waals surface area contributed by atoms with Gasteiger partial charge in [0.15, 0.2) is 0 Å². The summed E-state index contributed by atoms with van der Waals surface area (Å²) < 4.78 is 5.58. The van der Waals surface area contributed by atoms with Gasteiger partial charge < -0.3 is 15.4 Å². The number of likely N-dealkylation sites (N-methyl/N-ethyl adjacent to an activating group) is 1. The maximum absolute atomic E-state index is 12.3. The van der Waals surface area contributed by atoms with E-state index in [9.17, 15) is 9.59 Å². The minimum Gasteiger partial charge on any atom is -0.493 e. The molecule has 0 bridgehead atoms. The lowest BCUT2D eigenvalue weighted by Gasteiger charge is -2.23. The Labute approximate surface area is 149 Å². The van der Waals surface area contributed by atoms with Crippen molar-refractivity contribution in [3.05, 3.63) is 30.3 Å². The van der Waals surface area contributed by atoms with Gasteiger partial charge in [-0.15, -0.1) is 0 Å². The number of nitrogens with one attached hydrogen (secondary N) is 2. The van der Waals surface area contributed by atoms with Crippen LogP contribution in [-0.4, -0.2) is 56.0 Å². The van der Waals surface area contributed by atoms with Crippen LogP contribution >= 0.6 is 0 Å². The lowest BCUT2D eigenvalue weighted by molar-refractivity contribution is -0.122. The molecule has 0 aliphatic carbocycles. The van der Waals surface area contributed by atoms with Gasteiger partial charge in [-0.3, -0.25) is 14.5 Å². The van der Waals surface area contributed by atoms with Crippen molar-refractivity contribution in [2.24, 2.45) is 11.8 Å². The quantitative estimate of drug-likeness (QED) is 0.743. The number of hydrogen-bond acceptors (Lipinski definition) is 4. The van der Waals surface area contributed by atoms with Crippen molar-refractivity contribution in [2.45, 2.75) is 26.3 Å². The standard InChI is InChI=1S/C19H29N3O3/c1-14(2)16-11-22(13-19(24)20-3)12-17(16)21-18(23)9-10-25-15-7-5-4-6-8-15/h4-8,14,16-17H,9-13H2,1-3H3,(H,20,24)(H,21,23)/t16-,17+/m0/s1. The van der Waals surface area contributed by atoms with Crippen LogP contribution in [0.5, 0.6) is 5.75 Å². The zero-order valence-corrected chi connectivity index (χ0v) is 15.3. The highest BCUT2D eigenvalue weighted by molar-refractivity contribution is 5.78. The van der Waals surface area contributed by atoms with Crippen molar-refractivity contribution < 1.29 is 14.3 Å². The van der Waals surface area contributed by atoms with Gasteiger partial charge in [0.2, 0.25) is 11.8 Å². The predicted molar refractivity (Wildman–Crippen MR) is 97.3 cm³/mol. The summed E-state index contributed by atoms with van der Waals surface area (Å²) in [5.41, 5.74) is 0. The van der Waals surface area contributed by atoms with Crippen molar-refractivity contribution >= 4 is 11.8 Å². The molecule has 0 aromatic heterocycles. The van der Waals surface area contributed by atoms with Crippen LogP contribution in [0.3, 0.4) is 0 Å². The van der Waals surface area contributed by atoms with Crippen LogP contribution in [0.25, 0.3) is 0 Å². The number of para-hydroxylation sites is 1. The molecule has 1 saturated heterocycles. The maximum Gasteiger partial charge on any atom is 0.233 e. The van der Waals surface area contributed by atoms with Crippen molar-refractivity contribution in [3.8, 4) is 5.75 Å². The fraction of sp³-hybridized carbons (Fsp3) is 0.579. The molecule has 1 aromatic rings. The van der Waals surface area contributed by atoms with Gasteiger partial charge in [0.25, 0.3) is 0 Å². The van der Waals surface area contributed by atoms with Crippen molar-refractivity contribution in [2.75, 3.05) is 33.3 Å². The van der Waals surface area contributed by atoms with Crippen LogP contribution in [0.15, 0.2) is 30.3 Å². The maximum atomic E-state index is 12.3.